The molecule has 1 fully saturated rings. The van der Waals surface area contributed by atoms with Gasteiger partial charge in [0.15, 0.2) is 0 Å². The summed E-state index contributed by atoms with van der Waals surface area (Å²) in [6, 6.07) is 2.47. The van der Waals surface area contributed by atoms with E-state index < -0.39 is 0 Å². The Morgan fingerprint density at radius 1 is 0.548 bits per heavy atom. The predicted molar refractivity (Wildman–Crippen MR) is 131 cm³/mol. The first-order valence-corrected chi connectivity index (χ1v) is 12.4. The monoisotopic (exact) mass is 443 g/mol. The molecular formula is C24H53N5O2. The molecule has 1 rings (SSSR count). The van der Waals surface area contributed by atoms with Crippen LogP contribution in [-0.4, -0.2) is 114 Å². The summed E-state index contributed by atoms with van der Waals surface area (Å²) in [5, 5.41) is 0. The highest BCUT2D eigenvalue weighted by atomic mass is 16.5. The third-order valence-corrected chi connectivity index (χ3v) is 6.24. The summed E-state index contributed by atoms with van der Waals surface area (Å²) in [7, 11) is 0. The maximum atomic E-state index is 6.11. The fourth-order valence-electron chi connectivity index (χ4n) is 4.00. The summed E-state index contributed by atoms with van der Waals surface area (Å²) >= 11 is 0. The van der Waals surface area contributed by atoms with Crippen LogP contribution in [-0.2, 0) is 9.47 Å². The Morgan fingerprint density at radius 2 is 0.968 bits per heavy atom. The van der Waals surface area contributed by atoms with Gasteiger partial charge >= 0.3 is 0 Å². The lowest BCUT2D eigenvalue weighted by atomic mass is 10.2. The second-order valence-electron chi connectivity index (χ2n) is 10.4. The third-order valence-electron chi connectivity index (χ3n) is 6.24. The molecule has 0 bridgehead atoms. The van der Waals surface area contributed by atoms with Crippen LogP contribution in [0.5, 0.6) is 0 Å². The van der Waals surface area contributed by atoms with Crippen molar-refractivity contribution >= 4 is 0 Å². The molecule has 1 saturated heterocycles. The molecule has 0 spiro atoms. The summed E-state index contributed by atoms with van der Waals surface area (Å²) < 4.78 is 12.1. The van der Waals surface area contributed by atoms with Crippen LogP contribution >= 0.6 is 0 Å². The number of rotatable bonds is 15. The number of piperazine rings is 1. The van der Waals surface area contributed by atoms with Gasteiger partial charge in [0.1, 0.15) is 26.9 Å². The van der Waals surface area contributed by atoms with E-state index in [0.717, 1.165) is 39.6 Å². The molecule has 0 saturated carbocycles. The highest BCUT2D eigenvalue weighted by Gasteiger charge is 2.22. The van der Waals surface area contributed by atoms with Gasteiger partial charge in [-0.3, -0.25) is 24.5 Å². The van der Waals surface area contributed by atoms with Crippen molar-refractivity contribution in [1.29, 1.82) is 0 Å². The zero-order valence-electron chi connectivity index (χ0n) is 22.3. The van der Waals surface area contributed by atoms with Crippen molar-refractivity contribution in [3.63, 3.8) is 0 Å². The quantitative estimate of drug-likeness (QED) is 0.359. The molecule has 0 atom stereocenters. The Morgan fingerprint density at radius 3 is 1.39 bits per heavy atom. The van der Waals surface area contributed by atoms with E-state index in [1.54, 1.807) is 0 Å². The van der Waals surface area contributed by atoms with Crippen molar-refractivity contribution in [2.75, 3.05) is 59.8 Å². The molecular weight excluding hydrogens is 390 g/mol. The lowest BCUT2D eigenvalue weighted by molar-refractivity contribution is -0.0853. The van der Waals surface area contributed by atoms with Gasteiger partial charge in [0.25, 0.3) is 0 Å². The first kappa shape index (κ1) is 28.8. The lowest BCUT2D eigenvalue weighted by Crippen LogP contribution is -2.52. The average molecular weight is 444 g/mol. The van der Waals surface area contributed by atoms with Gasteiger partial charge in [-0.15, -0.1) is 0 Å². The van der Waals surface area contributed by atoms with Gasteiger partial charge in [-0.05, 0) is 69.2 Å². The Balaban J connectivity index is 2.35. The molecule has 7 heteroatoms. The Kier molecular flexibility index (Phi) is 13.7. The van der Waals surface area contributed by atoms with Crippen LogP contribution in [0, 0.1) is 0 Å². The number of ether oxygens (including phenoxy) is 2. The predicted octanol–water partition coefficient (Wildman–Crippen LogP) is 3.37. The molecule has 0 aliphatic carbocycles. The van der Waals surface area contributed by atoms with Gasteiger partial charge < -0.3 is 9.47 Å². The fourth-order valence-corrected chi connectivity index (χ4v) is 4.00. The third kappa shape index (κ3) is 10.9. The van der Waals surface area contributed by atoms with Gasteiger partial charge in [-0.1, -0.05) is 0 Å². The van der Waals surface area contributed by atoms with E-state index in [-0.39, 0.29) is 0 Å². The van der Waals surface area contributed by atoms with Gasteiger partial charge in [-0.25, -0.2) is 0 Å². The summed E-state index contributed by atoms with van der Waals surface area (Å²) in [6.07, 6.45) is 0. The van der Waals surface area contributed by atoms with Crippen LogP contribution < -0.4 is 0 Å². The van der Waals surface area contributed by atoms with Crippen molar-refractivity contribution in [1.82, 2.24) is 24.5 Å². The lowest BCUT2D eigenvalue weighted by Gasteiger charge is -2.39. The SMILES string of the molecule is CC(C)N(COCN(C(C)C)C(C)C)CN1CCN(COCN(C(C)C)C(C)C)CC1. The molecule has 31 heavy (non-hydrogen) atoms. The zero-order valence-corrected chi connectivity index (χ0v) is 22.3. The van der Waals surface area contributed by atoms with E-state index in [4.69, 9.17) is 9.47 Å². The normalized spacial score (nSPS) is 17.2. The number of nitrogens with zero attached hydrogens (tertiary/aromatic N) is 5. The van der Waals surface area contributed by atoms with E-state index in [0.29, 0.717) is 50.4 Å². The summed E-state index contributed by atoms with van der Waals surface area (Å²) in [6.45, 7) is 30.4. The van der Waals surface area contributed by atoms with Crippen LogP contribution in [0.1, 0.15) is 69.2 Å². The molecule has 0 radical (unpaired) electrons. The Labute approximate surface area is 193 Å². The summed E-state index contributed by atoms with van der Waals surface area (Å²) in [5.74, 6) is 0. The molecule has 0 amide bonds. The van der Waals surface area contributed by atoms with E-state index in [9.17, 15) is 0 Å². The van der Waals surface area contributed by atoms with E-state index >= 15 is 0 Å². The highest BCUT2D eigenvalue weighted by molar-refractivity contribution is 4.72. The van der Waals surface area contributed by atoms with E-state index in [2.05, 4.69) is 93.7 Å². The molecule has 1 heterocycles. The molecule has 0 aromatic rings. The van der Waals surface area contributed by atoms with Gasteiger partial charge in [-0.2, -0.15) is 0 Å². The van der Waals surface area contributed by atoms with Crippen molar-refractivity contribution in [2.24, 2.45) is 0 Å². The molecule has 0 aromatic heterocycles. The summed E-state index contributed by atoms with van der Waals surface area (Å²) in [4.78, 5) is 12.2. The van der Waals surface area contributed by atoms with Crippen molar-refractivity contribution < 1.29 is 9.47 Å². The minimum absolute atomic E-state index is 0.464. The highest BCUT2D eigenvalue weighted by Crippen LogP contribution is 2.10. The smallest absolute Gasteiger partial charge is 0.102 e. The average Bonchev–Trinajstić information content (AvgIpc) is 2.67. The van der Waals surface area contributed by atoms with Crippen LogP contribution in [0.2, 0.25) is 0 Å². The molecule has 1 aliphatic heterocycles. The standard InChI is InChI=1S/C24H53N5O2/c1-20(2)27(17-31-19-29(23(7)8)24(9)10)15-25-11-13-26(14-12-25)16-30-18-28(21(3)4)22(5)6/h20-24H,11-19H2,1-10H3. The summed E-state index contributed by atoms with van der Waals surface area (Å²) in [5.41, 5.74) is 0. The molecule has 0 N–H and O–H groups in total. The fraction of sp³-hybridized carbons (Fsp3) is 1.00. The van der Waals surface area contributed by atoms with Crippen LogP contribution in [0.15, 0.2) is 0 Å². The largest absolute Gasteiger partial charge is 0.351 e. The van der Waals surface area contributed by atoms with Crippen LogP contribution in [0.3, 0.4) is 0 Å². The van der Waals surface area contributed by atoms with Crippen molar-refractivity contribution in [2.45, 2.75) is 99.4 Å². The zero-order chi connectivity index (χ0) is 23.6. The van der Waals surface area contributed by atoms with E-state index in [1.807, 2.05) is 0 Å². The number of hydrogen-bond acceptors (Lipinski definition) is 7. The van der Waals surface area contributed by atoms with Crippen molar-refractivity contribution in [3.8, 4) is 0 Å². The second kappa shape index (κ2) is 14.8. The number of hydrogen-bond donors (Lipinski definition) is 0. The Hall–Kier alpha value is -0.280. The van der Waals surface area contributed by atoms with Crippen LogP contribution in [0.25, 0.3) is 0 Å². The minimum atomic E-state index is 0.464. The van der Waals surface area contributed by atoms with E-state index in [1.165, 1.54) is 0 Å². The first-order valence-electron chi connectivity index (χ1n) is 12.4. The topological polar surface area (TPSA) is 34.7 Å². The molecule has 0 unspecified atom stereocenters. The molecule has 7 nitrogen and oxygen atoms in total. The first-order chi connectivity index (χ1) is 14.5. The van der Waals surface area contributed by atoms with Crippen molar-refractivity contribution in [3.05, 3.63) is 0 Å². The minimum Gasteiger partial charge on any atom is -0.351 e. The van der Waals surface area contributed by atoms with Gasteiger partial charge in [0.05, 0.1) is 6.67 Å². The maximum Gasteiger partial charge on any atom is 0.102 e. The molecule has 186 valence electrons. The maximum absolute atomic E-state index is 6.11. The van der Waals surface area contributed by atoms with Gasteiger partial charge in [0.2, 0.25) is 0 Å². The Bertz CT molecular complexity index is 435. The molecule has 0 aromatic carbocycles. The van der Waals surface area contributed by atoms with Crippen LogP contribution in [0.4, 0.5) is 0 Å². The second-order valence-corrected chi connectivity index (χ2v) is 10.4. The molecule has 1 aliphatic rings. The van der Waals surface area contributed by atoms with Gasteiger partial charge in [0, 0.05) is 56.4 Å².